The minimum Gasteiger partial charge on any atom is -0.334 e. The number of halogens is 1. The quantitative estimate of drug-likeness (QED) is 0.865. The van der Waals surface area contributed by atoms with Crippen LogP contribution < -0.4 is 5.73 Å². The third-order valence-corrected chi connectivity index (χ3v) is 4.05. The van der Waals surface area contributed by atoms with Gasteiger partial charge in [-0.05, 0) is 25.8 Å². The van der Waals surface area contributed by atoms with E-state index in [1.54, 1.807) is 11.4 Å². The summed E-state index contributed by atoms with van der Waals surface area (Å²) >= 11 is 1.33. The van der Waals surface area contributed by atoms with Crippen LogP contribution in [0.5, 0.6) is 0 Å². The predicted octanol–water partition coefficient (Wildman–Crippen LogP) is 1.94. The number of hydrogen-bond donors (Lipinski definition) is 1. The summed E-state index contributed by atoms with van der Waals surface area (Å²) in [5.74, 6) is 0.00699. The van der Waals surface area contributed by atoms with Crippen molar-refractivity contribution in [2.75, 3.05) is 13.1 Å². The number of Topliss-reactive ketones (excluding diaryl/α,β-unsaturated/α-hetero) is 1. The van der Waals surface area contributed by atoms with Crippen LogP contribution in [-0.4, -0.2) is 35.7 Å². The first kappa shape index (κ1) is 15.1. The third kappa shape index (κ3) is 2.91. The Morgan fingerprint density at radius 3 is 2.83 bits per heavy atom. The minimum atomic E-state index is -0.00269. The Balaban J connectivity index is 0.00000162. The van der Waals surface area contributed by atoms with E-state index in [0.29, 0.717) is 17.0 Å². The van der Waals surface area contributed by atoms with Crippen molar-refractivity contribution < 1.29 is 9.59 Å². The minimum absolute atomic E-state index is 0. The fraction of sp³-hybridized carbons (Fsp3) is 0.500. The summed E-state index contributed by atoms with van der Waals surface area (Å²) in [6.07, 6.45) is 1.99. The first-order valence-corrected chi connectivity index (χ1v) is 6.62. The van der Waals surface area contributed by atoms with Gasteiger partial charge < -0.3 is 10.6 Å². The molecule has 4 nitrogen and oxygen atoms in total. The van der Waals surface area contributed by atoms with E-state index in [2.05, 4.69) is 0 Å². The Morgan fingerprint density at radius 2 is 2.28 bits per heavy atom. The number of likely N-dealkylation sites (tertiary alicyclic amines) is 1. The van der Waals surface area contributed by atoms with E-state index in [9.17, 15) is 9.59 Å². The highest BCUT2D eigenvalue weighted by molar-refractivity contribution is 7.12. The van der Waals surface area contributed by atoms with Crippen LogP contribution in [0, 0.1) is 0 Å². The normalized spacial score (nSPS) is 18.6. The second kappa shape index (κ2) is 6.31. The molecule has 0 saturated carbocycles. The lowest BCUT2D eigenvalue weighted by Gasteiger charge is -2.22. The standard InChI is InChI=1S/C12H16N2O2S.ClH/c1-8(15)9-5-11(17-7-9)12(16)14-4-2-3-10(14)6-13;/h5,7,10H,2-4,6,13H2,1H3;1H. The van der Waals surface area contributed by atoms with Crippen LogP contribution in [0.2, 0.25) is 0 Å². The molecule has 1 saturated heterocycles. The van der Waals surface area contributed by atoms with Gasteiger partial charge in [0.2, 0.25) is 0 Å². The maximum atomic E-state index is 12.2. The van der Waals surface area contributed by atoms with Crippen LogP contribution in [0.25, 0.3) is 0 Å². The molecule has 0 spiro atoms. The summed E-state index contributed by atoms with van der Waals surface area (Å²) < 4.78 is 0. The zero-order chi connectivity index (χ0) is 12.4. The molecule has 1 fully saturated rings. The van der Waals surface area contributed by atoms with Gasteiger partial charge in [0.05, 0.1) is 4.88 Å². The molecule has 0 aliphatic carbocycles. The number of rotatable bonds is 3. The third-order valence-electron chi connectivity index (χ3n) is 3.13. The molecule has 1 aromatic rings. The van der Waals surface area contributed by atoms with E-state index in [-0.39, 0.29) is 30.1 Å². The number of thiophene rings is 1. The summed E-state index contributed by atoms with van der Waals surface area (Å²) in [5, 5.41) is 1.74. The van der Waals surface area contributed by atoms with Crippen molar-refractivity contribution in [2.24, 2.45) is 5.73 Å². The number of amides is 1. The molecule has 1 aliphatic rings. The summed E-state index contributed by atoms with van der Waals surface area (Å²) in [4.78, 5) is 25.9. The largest absolute Gasteiger partial charge is 0.334 e. The lowest BCUT2D eigenvalue weighted by molar-refractivity contribution is 0.0746. The molecule has 2 heterocycles. The topological polar surface area (TPSA) is 63.4 Å². The number of nitrogens with two attached hydrogens (primary N) is 1. The molecule has 100 valence electrons. The van der Waals surface area contributed by atoms with Crippen LogP contribution in [0.15, 0.2) is 11.4 Å². The number of hydrogen-bond acceptors (Lipinski definition) is 4. The van der Waals surface area contributed by atoms with Crippen LogP contribution in [0.1, 0.15) is 39.8 Å². The highest BCUT2D eigenvalue weighted by Gasteiger charge is 2.29. The van der Waals surface area contributed by atoms with Gasteiger partial charge in [-0.1, -0.05) is 0 Å². The Hall–Kier alpha value is -0.910. The van der Waals surface area contributed by atoms with E-state index in [1.807, 2.05) is 4.90 Å². The van der Waals surface area contributed by atoms with Crippen LogP contribution >= 0.6 is 23.7 Å². The van der Waals surface area contributed by atoms with E-state index in [4.69, 9.17) is 5.73 Å². The Bertz CT molecular complexity index is 447. The van der Waals surface area contributed by atoms with Crippen LogP contribution in [0.3, 0.4) is 0 Å². The average molecular weight is 289 g/mol. The number of nitrogens with zero attached hydrogens (tertiary/aromatic N) is 1. The van der Waals surface area contributed by atoms with E-state index in [1.165, 1.54) is 18.3 Å². The van der Waals surface area contributed by atoms with Gasteiger partial charge in [-0.15, -0.1) is 23.7 Å². The van der Waals surface area contributed by atoms with Gasteiger partial charge in [0.1, 0.15) is 0 Å². The summed E-state index contributed by atoms with van der Waals surface area (Å²) in [6, 6.07) is 1.84. The highest BCUT2D eigenvalue weighted by atomic mass is 35.5. The molecule has 1 amide bonds. The maximum absolute atomic E-state index is 12.2. The van der Waals surface area contributed by atoms with Gasteiger partial charge in [0.25, 0.3) is 5.91 Å². The average Bonchev–Trinajstić information content (AvgIpc) is 2.96. The molecule has 1 unspecified atom stereocenters. The van der Waals surface area contributed by atoms with Crippen molar-refractivity contribution in [1.29, 1.82) is 0 Å². The molecule has 1 aliphatic heterocycles. The smallest absolute Gasteiger partial charge is 0.264 e. The highest BCUT2D eigenvalue weighted by Crippen LogP contribution is 2.23. The van der Waals surface area contributed by atoms with E-state index in [0.717, 1.165) is 19.4 Å². The van der Waals surface area contributed by atoms with Gasteiger partial charge in [-0.25, -0.2) is 0 Å². The van der Waals surface area contributed by atoms with Crippen molar-refractivity contribution >= 4 is 35.4 Å². The van der Waals surface area contributed by atoms with Crippen molar-refractivity contribution in [3.05, 3.63) is 21.9 Å². The second-order valence-electron chi connectivity index (χ2n) is 4.29. The predicted molar refractivity (Wildman–Crippen MR) is 74.7 cm³/mol. The number of carbonyl (C=O) groups is 2. The zero-order valence-electron chi connectivity index (χ0n) is 10.2. The van der Waals surface area contributed by atoms with Crippen molar-refractivity contribution in [3.63, 3.8) is 0 Å². The van der Waals surface area contributed by atoms with Crippen molar-refractivity contribution in [3.8, 4) is 0 Å². The molecule has 2 rings (SSSR count). The SMILES string of the molecule is CC(=O)c1csc(C(=O)N2CCCC2CN)c1.Cl. The molecule has 18 heavy (non-hydrogen) atoms. The molecule has 6 heteroatoms. The lowest BCUT2D eigenvalue weighted by atomic mass is 10.2. The van der Waals surface area contributed by atoms with Gasteiger partial charge in [0.15, 0.2) is 5.78 Å². The molecule has 0 aromatic carbocycles. The molecule has 1 atom stereocenters. The summed E-state index contributed by atoms with van der Waals surface area (Å²) in [6.45, 7) is 2.79. The first-order chi connectivity index (χ1) is 8.13. The van der Waals surface area contributed by atoms with E-state index >= 15 is 0 Å². The zero-order valence-corrected chi connectivity index (χ0v) is 11.9. The summed E-state index contributed by atoms with van der Waals surface area (Å²) in [5.41, 5.74) is 6.26. The van der Waals surface area contributed by atoms with Crippen LogP contribution in [-0.2, 0) is 0 Å². The number of ketones is 1. The monoisotopic (exact) mass is 288 g/mol. The fourth-order valence-corrected chi connectivity index (χ4v) is 3.02. The first-order valence-electron chi connectivity index (χ1n) is 5.74. The Morgan fingerprint density at radius 1 is 1.56 bits per heavy atom. The maximum Gasteiger partial charge on any atom is 0.264 e. The lowest BCUT2D eigenvalue weighted by Crippen LogP contribution is -2.39. The van der Waals surface area contributed by atoms with Crippen LogP contribution in [0.4, 0.5) is 0 Å². The second-order valence-corrected chi connectivity index (χ2v) is 5.20. The Labute approximate surface area is 117 Å². The Kier molecular flexibility index (Phi) is 5.31. The number of carbonyl (C=O) groups excluding carboxylic acids is 2. The van der Waals surface area contributed by atoms with E-state index < -0.39 is 0 Å². The van der Waals surface area contributed by atoms with Crippen molar-refractivity contribution in [2.45, 2.75) is 25.8 Å². The molecular formula is C12H17ClN2O2S. The summed E-state index contributed by atoms with van der Waals surface area (Å²) in [7, 11) is 0. The molecule has 1 aromatic heterocycles. The molecular weight excluding hydrogens is 272 g/mol. The van der Waals surface area contributed by atoms with Crippen molar-refractivity contribution in [1.82, 2.24) is 4.90 Å². The van der Waals surface area contributed by atoms with Gasteiger partial charge in [-0.2, -0.15) is 0 Å². The van der Waals surface area contributed by atoms with Gasteiger partial charge >= 0.3 is 0 Å². The van der Waals surface area contributed by atoms with Gasteiger partial charge in [0, 0.05) is 30.1 Å². The molecule has 0 radical (unpaired) electrons. The molecule has 0 bridgehead atoms. The fourth-order valence-electron chi connectivity index (χ4n) is 2.12. The van der Waals surface area contributed by atoms with Gasteiger partial charge in [-0.3, -0.25) is 9.59 Å². The molecule has 2 N–H and O–H groups in total.